The maximum atomic E-state index is 13.9. The smallest absolute Gasteiger partial charge is 0.263 e. The summed E-state index contributed by atoms with van der Waals surface area (Å²) in [6.07, 6.45) is 0. The molecule has 0 radical (unpaired) electrons. The number of hydrogen-bond acceptors (Lipinski definition) is 1. The second kappa shape index (κ2) is 5.93. The molecule has 1 amide bonds. The van der Waals surface area contributed by atoms with Gasteiger partial charge in [-0.2, -0.15) is 0 Å². The van der Waals surface area contributed by atoms with E-state index in [1.165, 1.54) is 11.9 Å². The van der Waals surface area contributed by atoms with E-state index in [0.29, 0.717) is 5.69 Å². The van der Waals surface area contributed by atoms with Crippen molar-refractivity contribution in [2.24, 2.45) is 0 Å². The molecule has 0 aliphatic carbocycles. The number of benzene rings is 2. The molecule has 0 fully saturated rings. The highest BCUT2D eigenvalue weighted by Gasteiger charge is 2.23. The van der Waals surface area contributed by atoms with Gasteiger partial charge in [-0.1, -0.05) is 33.6 Å². The van der Waals surface area contributed by atoms with Crippen LogP contribution < -0.4 is 4.90 Å². The molecule has 0 unspecified atom stereocenters. The largest absolute Gasteiger partial charge is 0.311 e. The fourth-order valence-electron chi connectivity index (χ4n) is 2.21. The average molecular weight is 354 g/mol. The summed E-state index contributed by atoms with van der Waals surface area (Å²) in [4.78, 5) is 13.6. The lowest BCUT2D eigenvalue weighted by Crippen LogP contribution is -2.28. The maximum absolute atomic E-state index is 13.9. The van der Waals surface area contributed by atoms with Gasteiger partial charge in [-0.25, -0.2) is 8.78 Å². The highest BCUT2D eigenvalue weighted by atomic mass is 79.9. The molecular weight excluding hydrogens is 340 g/mol. The van der Waals surface area contributed by atoms with E-state index < -0.39 is 23.1 Å². The molecule has 0 aromatic heterocycles. The van der Waals surface area contributed by atoms with Crippen molar-refractivity contribution in [3.63, 3.8) is 0 Å². The predicted octanol–water partition coefficient (Wildman–Crippen LogP) is 4.62. The van der Waals surface area contributed by atoms with E-state index in [1.807, 2.05) is 26.0 Å². The molecule has 0 aliphatic heterocycles. The summed E-state index contributed by atoms with van der Waals surface area (Å²) in [5.41, 5.74) is 1.98. The molecule has 0 saturated heterocycles. The van der Waals surface area contributed by atoms with Crippen LogP contribution in [0.1, 0.15) is 21.5 Å². The maximum Gasteiger partial charge on any atom is 0.263 e. The second-order valence-corrected chi connectivity index (χ2v) is 5.81. The second-order valence-electron chi connectivity index (χ2n) is 4.90. The van der Waals surface area contributed by atoms with Crippen LogP contribution in [-0.2, 0) is 0 Å². The van der Waals surface area contributed by atoms with Gasteiger partial charge in [0.1, 0.15) is 17.2 Å². The highest BCUT2D eigenvalue weighted by molar-refractivity contribution is 9.10. The van der Waals surface area contributed by atoms with Crippen molar-refractivity contribution < 1.29 is 13.6 Å². The van der Waals surface area contributed by atoms with Crippen molar-refractivity contribution >= 4 is 27.5 Å². The van der Waals surface area contributed by atoms with E-state index in [-0.39, 0.29) is 4.47 Å². The molecule has 0 N–H and O–H groups in total. The van der Waals surface area contributed by atoms with Gasteiger partial charge in [0, 0.05) is 17.2 Å². The van der Waals surface area contributed by atoms with Gasteiger partial charge in [-0.3, -0.25) is 4.79 Å². The summed E-state index contributed by atoms with van der Waals surface area (Å²) in [6, 6.07) is 7.67. The zero-order valence-corrected chi connectivity index (χ0v) is 13.5. The third-order valence-corrected chi connectivity index (χ3v) is 3.70. The fourth-order valence-corrected chi connectivity index (χ4v) is 2.61. The van der Waals surface area contributed by atoms with Crippen molar-refractivity contribution in [1.82, 2.24) is 0 Å². The molecule has 2 nitrogen and oxygen atoms in total. The lowest BCUT2D eigenvalue weighted by molar-refractivity contribution is 0.0984. The third kappa shape index (κ3) is 3.13. The van der Waals surface area contributed by atoms with E-state index >= 15 is 0 Å². The molecule has 0 spiro atoms. The van der Waals surface area contributed by atoms with Crippen molar-refractivity contribution in [3.8, 4) is 0 Å². The number of rotatable bonds is 2. The van der Waals surface area contributed by atoms with Crippen LogP contribution in [0, 0.1) is 25.5 Å². The number of hydrogen-bond donors (Lipinski definition) is 0. The number of amides is 1. The highest BCUT2D eigenvalue weighted by Crippen LogP contribution is 2.25. The minimum atomic E-state index is -0.886. The number of carbonyl (C=O) groups is 1. The van der Waals surface area contributed by atoms with Crippen LogP contribution >= 0.6 is 15.9 Å². The Morgan fingerprint density at radius 1 is 1.10 bits per heavy atom. The molecule has 2 rings (SSSR count). The molecule has 5 heteroatoms. The lowest BCUT2D eigenvalue weighted by Gasteiger charge is -2.20. The number of carbonyl (C=O) groups excluding carboxylic acids is 1. The van der Waals surface area contributed by atoms with Crippen LogP contribution in [-0.4, -0.2) is 13.0 Å². The summed E-state index contributed by atoms with van der Waals surface area (Å²) >= 11 is 2.99. The first-order chi connectivity index (χ1) is 9.81. The summed E-state index contributed by atoms with van der Waals surface area (Å²) in [7, 11) is 1.50. The summed E-state index contributed by atoms with van der Waals surface area (Å²) < 4.78 is 28.0. The van der Waals surface area contributed by atoms with Crippen molar-refractivity contribution in [3.05, 3.63) is 63.1 Å². The van der Waals surface area contributed by atoms with Gasteiger partial charge in [0.05, 0.1) is 0 Å². The third-order valence-electron chi connectivity index (χ3n) is 3.24. The van der Waals surface area contributed by atoms with Gasteiger partial charge in [0.2, 0.25) is 0 Å². The Bertz CT molecular complexity index is 692. The normalized spacial score (nSPS) is 10.6. The van der Waals surface area contributed by atoms with Crippen molar-refractivity contribution in [1.29, 1.82) is 0 Å². The first kappa shape index (κ1) is 15.6. The van der Waals surface area contributed by atoms with Crippen LogP contribution in [0.3, 0.4) is 0 Å². The van der Waals surface area contributed by atoms with E-state index in [9.17, 15) is 13.6 Å². The Balaban J connectivity index is 2.45. The van der Waals surface area contributed by atoms with E-state index in [4.69, 9.17) is 0 Å². The summed E-state index contributed by atoms with van der Waals surface area (Å²) in [6.45, 7) is 3.78. The van der Waals surface area contributed by atoms with Gasteiger partial charge in [0.15, 0.2) is 0 Å². The van der Waals surface area contributed by atoms with Crippen LogP contribution in [0.25, 0.3) is 0 Å². The predicted molar refractivity (Wildman–Crippen MR) is 82.7 cm³/mol. The van der Waals surface area contributed by atoms with E-state index in [1.54, 1.807) is 6.07 Å². The van der Waals surface area contributed by atoms with Crippen LogP contribution in [0.5, 0.6) is 0 Å². The van der Waals surface area contributed by atoms with E-state index in [2.05, 4.69) is 15.9 Å². The zero-order valence-electron chi connectivity index (χ0n) is 11.9. The summed E-state index contributed by atoms with van der Waals surface area (Å²) in [5.74, 6) is -2.49. The molecule has 2 aromatic carbocycles. The first-order valence-corrected chi connectivity index (χ1v) is 7.10. The molecular formula is C16H14BrF2NO. The Morgan fingerprint density at radius 3 is 2.19 bits per heavy atom. The van der Waals surface area contributed by atoms with Crippen LogP contribution in [0.15, 0.2) is 34.8 Å². The Kier molecular flexibility index (Phi) is 4.42. The van der Waals surface area contributed by atoms with Crippen molar-refractivity contribution in [2.45, 2.75) is 13.8 Å². The Hall–Kier alpha value is -1.75. The zero-order chi connectivity index (χ0) is 15.7. The van der Waals surface area contributed by atoms with E-state index in [0.717, 1.165) is 23.3 Å². The summed E-state index contributed by atoms with van der Waals surface area (Å²) in [5, 5.41) is 0. The monoisotopic (exact) mass is 353 g/mol. The molecule has 0 aliphatic rings. The Morgan fingerprint density at radius 2 is 1.67 bits per heavy atom. The average Bonchev–Trinajstić information content (AvgIpc) is 2.36. The van der Waals surface area contributed by atoms with Gasteiger partial charge in [0.25, 0.3) is 5.91 Å². The van der Waals surface area contributed by atoms with Gasteiger partial charge >= 0.3 is 0 Å². The lowest BCUT2D eigenvalue weighted by atomic mass is 10.1. The SMILES string of the molecule is Cc1ccc(N(C)C(=O)c2c(F)cc(Br)cc2F)c(C)c1. The molecule has 0 saturated carbocycles. The first-order valence-electron chi connectivity index (χ1n) is 6.31. The minimum Gasteiger partial charge on any atom is -0.311 e. The molecule has 2 aromatic rings. The number of halogens is 3. The molecule has 0 atom stereocenters. The fraction of sp³-hybridized carbons (Fsp3) is 0.188. The number of anilines is 1. The molecule has 21 heavy (non-hydrogen) atoms. The topological polar surface area (TPSA) is 20.3 Å². The van der Waals surface area contributed by atoms with Gasteiger partial charge in [-0.15, -0.1) is 0 Å². The Labute approximate surface area is 130 Å². The number of aryl methyl sites for hydroxylation is 2. The van der Waals surface area contributed by atoms with Crippen LogP contribution in [0.2, 0.25) is 0 Å². The van der Waals surface area contributed by atoms with Gasteiger partial charge < -0.3 is 4.90 Å². The molecule has 0 heterocycles. The molecule has 110 valence electrons. The molecule has 0 bridgehead atoms. The van der Waals surface area contributed by atoms with Crippen LogP contribution in [0.4, 0.5) is 14.5 Å². The standard InChI is InChI=1S/C16H14BrF2NO/c1-9-4-5-14(10(2)6-9)20(3)16(21)15-12(18)7-11(17)8-13(15)19/h4-8H,1-3H3. The van der Waals surface area contributed by atoms with Gasteiger partial charge in [-0.05, 0) is 37.6 Å². The number of nitrogens with zero attached hydrogens (tertiary/aromatic N) is 1. The quantitative estimate of drug-likeness (QED) is 0.771. The van der Waals surface area contributed by atoms with Crippen molar-refractivity contribution in [2.75, 3.05) is 11.9 Å². The minimum absolute atomic E-state index is 0.253.